The van der Waals surface area contributed by atoms with Gasteiger partial charge in [0.1, 0.15) is 5.75 Å². The van der Waals surface area contributed by atoms with Crippen molar-refractivity contribution >= 4 is 11.8 Å². The first-order valence-electron chi connectivity index (χ1n) is 7.59. The van der Waals surface area contributed by atoms with Gasteiger partial charge < -0.3 is 15.3 Å². The van der Waals surface area contributed by atoms with Crippen LogP contribution in [0.2, 0.25) is 0 Å². The first-order valence-corrected chi connectivity index (χ1v) is 7.59. The number of benzene rings is 1. The summed E-state index contributed by atoms with van der Waals surface area (Å²) in [5, 5.41) is 12.6. The smallest absolute Gasteiger partial charge is 0.257 e. The molecule has 0 unspecified atom stereocenters. The first-order chi connectivity index (χ1) is 10.5. The van der Waals surface area contributed by atoms with E-state index in [1.165, 1.54) is 0 Å². The summed E-state index contributed by atoms with van der Waals surface area (Å²) in [6.45, 7) is 7.22. The zero-order chi connectivity index (χ0) is 16.1. The number of nitrogens with zero attached hydrogens (tertiary/aromatic N) is 2. The molecule has 1 aromatic rings. The molecular formula is C16H23N3O3. The molecule has 0 saturated carbocycles. The molecule has 2 N–H and O–H groups in total. The number of carbonyl (C=O) groups is 2. The fourth-order valence-electron chi connectivity index (χ4n) is 2.56. The van der Waals surface area contributed by atoms with Gasteiger partial charge in [-0.05, 0) is 26.0 Å². The van der Waals surface area contributed by atoms with Gasteiger partial charge in [-0.2, -0.15) is 0 Å². The molecule has 1 fully saturated rings. The van der Waals surface area contributed by atoms with Crippen molar-refractivity contribution in [1.82, 2.24) is 15.1 Å². The van der Waals surface area contributed by atoms with Crippen molar-refractivity contribution < 1.29 is 14.7 Å². The highest BCUT2D eigenvalue weighted by molar-refractivity contribution is 5.97. The van der Waals surface area contributed by atoms with Crippen LogP contribution in [0.15, 0.2) is 18.2 Å². The minimum absolute atomic E-state index is 0.0126. The van der Waals surface area contributed by atoms with Gasteiger partial charge in [0, 0.05) is 32.7 Å². The van der Waals surface area contributed by atoms with Crippen molar-refractivity contribution in [1.29, 1.82) is 0 Å². The largest absolute Gasteiger partial charge is 0.507 e. The van der Waals surface area contributed by atoms with Crippen molar-refractivity contribution in [3.63, 3.8) is 0 Å². The number of phenols is 1. The van der Waals surface area contributed by atoms with E-state index in [4.69, 9.17) is 0 Å². The second-order valence-corrected chi connectivity index (χ2v) is 5.54. The molecule has 1 aliphatic rings. The third-order valence-electron chi connectivity index (χ3n) is 3.78. The second kappa shape index (κ2) is 7.26. The van der Waals surface area contributed by atoms with Crippen molar-refractivity contribution in [3.05, 3.63) is 29.3 Å². The van der Waals surface area contributed by atoms with Crippen LogP contribution < -0.4 is 5.32 Å². The van der Waals surface area contributed by atoms with Gasteiger partial charge in [0.2, 0.25) is 5.91 Å². The predicted molar refractivity (Wildman–Crippen MR) is 83.9 cm³/mol. The Bertz CT molecular complexity index is 552. The van der Waals surface area contributed by atoms with Crippen molar-refractivity contribution in [3.8, 4) is 5.75 Å². The monoisotopic (exact) mass is 305 g/mol. The molecule has 0 atom stereocenters. The van der Waals surface area contributed by atoms with Crippen LogP contribution in [0.3, 0.4) is 0 Å². The van der Waals surface area contributed by atoms with E-state index in [1.54, 1.807) is 23.1 Å². The molecule has 120 valence electrons. The van der Waals surface area contributed by atoms with Gasteiger partial charge in [-0.3, -0.25) is 14.5 Å². The molecule has 22 heavy (non-hydrogen) atoms. The van der Waals surface area contributed by atoms with E-state index in [0.717, 1.165) is 5.56 Å². The average Bonchev–Trinajstić information content (AvgIpc) is 2.50. The number of aryl methyl sites for hydroxylation is 1. The van der Waals surface area contributed by atoms with Gasteiger partial charge in [0.25, 0.3) is 5.91 Å². The minimum Gasteiger partial charge on any atom is -0.507 e. The van der Waals surface area contributed by atoms with Crippen molar-refractivity contribution in [2.24, 2.45) is 0 Å². The number of rotatable bonds is 4. The number of hydrogen-bond acceptors (Lipinski definition) is 4. The molecule has 6 nitrogen and oxygen atoms in total. The van der Waals surface area contributed by atoms with E-state index in [0.29, 0.717) is 44.8 Å². The number of hydrogen-bond donors (Lipinski definition) is 2. The predicted octanol–water partition coefficient (Wildman–Crippen LogP) is 0.595. The van der Waals surface area contributed by atoms with Crippen LogP contribution in [0.25, 0.3) is 0 Å². The highest BCUT2D eigenvalue weighted by atomic mass is 16.3. The molecule has 0 spiro atoms. The Morgan fingerprint density at radius 2 is 1.91 bits per heavy atom. The number of piperazine rings is 1. The topological polar surface area (TPSA) is 72.9 Å². The number of carbonyl (C=O) groups excluding carboxylic acids is 2. The summed E-state index contributed by atoms with van der Waals surface area (Å²) in [7, 11) is 0. The number of nitrogens with one attached hydrogen (secondary N) is 1. The van der Waals surface area contributed by atoms with Gasteiger partial charge in [0.05, 0.1) is 12.1 Å². The highest BCUT2D eigenvalue weighted by Gasteiger charge is 2.24. The van der Waals surface area contributed by atoms with Crippen LogP contribution in [0.4, 0.5) is 0 Å². The molecule has 1 saturated heterocycles. The highest BCUT2D eigenvalue weighted by Crippen LogP contribution is 2.20. The number of likely N-dealkylation sites (N-methyl/N-ethyl adjacent to an activating group) is 1. The molecule has 0 aromatic heterocycles. The lowest BCUT2D eigenvalue weighted by atomic mass is 10.1. The zero-order valence-electron chi connectivity index (χ0n) is 13.1. The van der Waals surface area contributed by atoms with Crippen LogP contribution in [-0.4, -0.2) is 66.0 Å². The molecule has 6 heteroatoms. The Hall–Kier alpha value is -2.08. The third kappa shape index (κ3) is 3.98. The average molecular weight is 305 g/mol. The molecular weight excluding hydrogens is 282 g/mol. The number of aromatic hydroxyl groups is 1. The maximum atomic E-state index is 12.5. The zero-order valence-corrected chi connectivity index (χ0v) is 13.1. The van der Waals surface area contributed by atoms with E-state index in [1.807, 2.05) is 18.7 Å². The fraction of sp³-hybridized carbons (Fsp3) is 0.500. The lowest BCUT2D eigenvalue weighted by Gasteiger charge is -2.34. The molecule has 2 amide bonds. The van der Waals surface area contributed by atoms with Crippen LogP contribution >= 0.6 is 0 Å². The van der Waals surface area contributed by atoms with E-state index in [9.17, 15) is 14.7 Å². The second-order valence-electron chi connectivity index (χ2n) is 5.54. The quantitative estimate of drug-likeness (QED) is 0.854. The molecule has 0 radical (unpaired) electrons. The van der Waals surface area contributed by atoms with Gasteiger partial charge in [-0.15, -0.1) is 0 Å². The lowest BCUT2D eigenvalue weighted by Crippen LogP contribution is -2.51. The van der Waals surface area contributed by atoms with Crippen molar-refractivity contribution in [2.75, 3.05) is 39.3 Å². The fourth-order valence-corrected chi connectivity index (χ4v) is 2.56. The first kappa shape index (κ1) is 16.3. The summed E-state index contributed by atoms with van der Waals surface area (Å²) >= 11 is 0. The Balaban J connectivity index is 1.92. The molecule has 0 bridgehead atoms. The number of amides is 2. The molecule has 1 heterocycles. The standard InChI is InChI=1S/C16H23N3O3/c1-3-17-15(21)11-18-6-8-19(9-7-18)16(22)13-10-12(2)4-5-14(13)20/h4-5,10,20H,3,6-9,11H2,1-2H3,(H,17,21). The Morgan fingerprint density at radius 1 is 1.23 bits per heavy atom. The summed E-state index contributed by atoms with van der Waals surface area (Å²) in [6.07, 6.45) is 0. The number of phenolic OH excluding ortho intramolecular Hbond substituents is 1. The summed E-state index contributed by atoms with van der Waals surface area (Å²) in [6, 6.07) is 5.03. The minimum atomic E-state index is -0.154. The van der Waals surface area contributed by atoms with E-state index in [2.05, 4.69) is 5.32 Å². The Morgan fingerprint density at radius 3 is 2.55 bits per heavy atom. The SMILES string of the molecule is CCNC(=O)CN1CCN(C(=O)c2cc(C)ccc2O)CC1. The lowest BCUT2D eigenvalue weighted by molar-refractivity contribution is -0.122. The maximum absolute atomic E-state index is 12.5. The van der Waals surface area contributed by atoms with Gasteiger partial charge in [-0.1, -0.05) is 11.6 Å². The van der Waals surface area contributed by atoms with Crippen molar-refractivity contribution in [2.45, 2.75) is 13.8 Å². The van der Waals surface area contributed by atoms with Crippen LogP contribution in [0.1, 0.15) is 22.8 Å². The van der Waals surface area contributed by atoms with E-state index < -0.39 is 0 Å². The van der Waals surface area contributed by atoms with Gasteiger partial charge >= 0.3 is 0 Å². The van der Waals surface area contributed by atoms with E-state index >= 15 is 0 Å². The summed E-state index contributed by atoms with van der Waals surface area (Å²) in [5.74, 6) is -0.127. The van der Waals surface area contributed by atoms with Crippen LogP contribution in [0.5, 0.6) is 5.75 Å². The molecule has 0 aliphatic carbocycles. The van der Waals surface area contributed by atoms with Gasteiger partial charge in [0.15, 0.2) is 0 Å². The molecule has 2 rings (SSSR count). The Kier molecular flexibility index (Phi) is 5.38. The molecule has 1 aliphatic heterocycles. The third-order valence-corrected chi connectivity index (χ3v) is 3.78. The maximum Gasteiger partial charge on any atom is 0.257 e. The Labute approximate surface area is 130 Å². The normalized spacial score (nSPS) is 15.6. The summed E-state index contributed by atoms with van der Waals surface area (Å²) < 4.78 is 0. The van der Waals surface area contributed by atoms with Crippen LogP contribution in [0, 0.1) is 6.92 Å². The summed E-state index contributed by atoms with van der Waals surface area (Å²) in [4.78, 5) is 27.8. The van der Waals surface area contributed by atoms with E-state index in [-0.39, 0.29) is 17.6 Å². The summed E-state index contributed by atoms with van der Waals surface area (Å²) in [5.41, 5.74) is 1.29. The molecule has 1 aromatic carbocycles. The van der Waals surface area contributed by atoms with Crippen LogP contribution in [-0.2, 0) is 4.79 Å². The van der Waals surface area contributed by atoms with Gasteiger partial charge in [-0.25, -0.2) is 0 Å².